The molecule has 2 fully saturated rings. The highest BCUT2D eigenvalue weighted by atomic mass is 32.2. The number of fused-ring (bicyclic) bond motifs is 1. The number of ether oxygens (including phenoxy) is 2. The Bertz CT molecular complexity index is 1510. The van der Waals surface area contributed by atoms with Gasteiger partial charge in [-0.1, -0.05) is 12.8 Å². The van der Waals surface area contributed by atoms with E-state index in [4.69, 9.17) is 19.4 Å². The van der Waals surface area contributed by atoms with Crippen LogP contribution in [0.5, 0.6) is 11.5 Å². The van der Waals surface area contributed by atoms with Gasteiger partial charge < -0.3 is 14.8 Å². The number of Topliss-reactive ketones (excluding diaryl/α,β-unsaturated/α-hetero) is 1. The number of aromatic nitrogens is 2. The fourth-order valence-electron chi connectivity index (χ4n) is 5.66. The van der Waals surface area contributed by atoms with Crippen molar-refractivity contribution in [2.24, 2.45) is 0 Å². The molecule has 6 rings (SSSR count). The van der Waals surface area contributed by atoms with Crippen molar-refractivity contribution in [1.82, 2.24) is 14.3 Å². The molecule has 1 aliphatic carbocycles. The van der Waals surface area contributed by atoms with Gasteiger partial charge in [0.2, 0.25) is 22.8 Å². The standard InChI is InChI=1S/C29H31FN4O5S/c30-20-8-11-23(12-9-20)40(36,37)34-15-3-6-25(34)26(35)13-10-22-17-24(19-7-14-27-28(16-19)39-18-38-27)33-29(32-22)31-21-4-1-2-5-21/h7-9,11-12,14,16-17,21,25H,1-6,10,13,15,18H2,(H,31,32,33)/t25-/m0/s1. The van der Waals surface area contributed by atoms with E-state index in [1.165, 1.54) is 29.3 Å². The lowest BCUT2D eigenvalue weighted by atomic mass is 10.0. The van der Waals surface area contributed by atoms with Crippen LogP contribution in [0, 0.1) is 5.82 Å². The van der Waals surface area contributed by atoms with E-state index in [0.717, 1.165) is 30.5 Å². The van der Waals surface area contributed by atoms with Gasteiger partial charge in [-0.2, -0.15) is 4.31 Å². The summed E-state index contributed by atoms with van der Waals surface area (Å²) in [5, 5.41) is 3.46. The van der Waals surface area contributed by atoms with Crippen LogP contribution in [0.15, 0.2) is 53.4 Å². The summed E-state index contributed by atoms with van der Waals surface area (Å²) >= 11 is 0. The molecule has 210 valence electrons. The van der Waals surface area contributed by atoms with Crippen molar-refractivity contribution in [2.45, 2.75) is 68.3 Å². The van der Waals surface area contributed by atoms with E-state index in [9.17, 15) is 17.6 Å². The highest BCUT2D eigenvalue weighted by Crippen LogP contribution is 2.36. The SMILES string of the molecule is O=C(CCc1cc(-c2ccc3c(c2)OCO3)nc(NC2CCCC2)n1)[C@@H]1CCCN1S(=O)(=O)c1ccc(F)cc1. The molecule has 1 aromatic heterocycles. The Morgan fingerprint density at radius 2 is 1.75 bits per heavy atom. The lowest BCUT2D eigenvalue weighted by Crippen LogP contribution is -2.40. The maximum Gasteiger partial charge on any atom is 0.243 e. The minimum Gasteiger partial charge on any atom is -0.454 e. The number of carbonyl (C=O) groups is 1. The molecule has 2 aromatic carbocycles. The Morgan fingerprint density at radius 3 is 2.55 bits per heavy atom. The number of nitrogens with zero attached hydrogens (tertiary/aromatic N) is 3. The average molecular weight is 567 g/mol. The van der Waals surface area contributed by atoms with Crippen LogP contribution < -0.4 is 14.8 Å². The van der Waals surface area contributed by atoms with Crippen molar-refractivity contribution in [3.05, 3.63) is 60.0 Å². The topological polar surface area (TPSA) is 111 Å². The highest BCUT2D eigenvalue weighted by molar-refractivity contribution is 7.89. The third-order valence-corrected chi connectivity index (χ3v) is 9.68. The summed E-state index contributed by atoms with van der Waals surface area (Å²) in [6, 6.07) is 11.8. The molecule has 1 saturated heterocycles. The second kappa shape index (κ2) is 11.1. The zero-order valence-corrected chi connectivity index (χ0v) is 22.8. The van der Waals surface area contributed by atoms with E-state index >= 15 is 0 Å². The van der Waals surface area contributed by atoms with Crippen LogP contribution in [-0.2, 0) is 21.2 Å². The van der Waals surface area contributed by atoms with Gasteiger partial charge in [-0.05, 0) is 80.6 Å². The largest absolute Gasteiger partial charge is 0.454 e. The van der Waals surface area contributed by atoms with Crippen LogP contribution in [0.1, 0.15) is 50.6 Å². The summed E-state index contributed by atoms with van der Waals surface area (Å²) in [6.07, 6.45) is 5.99. The van der Waals surface area contributed by atoms with Gasteiger partial charge in [0.25, 0.3) is 0 Å². The van der Waals surface area contributed by atoms with Crippen LogP contribution in [0.2, 0.25) is 0 Å². The summed E-state index contributed by atoms with van der Waals surface area (Å²) in [5.41, 5.74) is 2.25. The first kappa shape index (κ1) is 26.6. The molecule has 1 N–H and O–H groups in total. The Kier molecular flexibility index (Phi) is 7.41. The van der Waals surface area contributed by atoms with E-state index in [2.05, 4.69) is 5.32 Å². The van der Waals surface area contributed by atoms with E-state index in [1.54, 1.807) is 0 Å². The average Bonchev–Trinajstić information content (AvgIpc) is 3.74. The number of rotatable bonds is 9. The van der Waals surface area contributed by atoms with Gasteiger partial charge in [-0.25, -0.2) is 22.8 Å². The molecular formula is C29H31FN4O5S. The molecule has 9 nitrogen and oxygen atoms in total. The van der Waals surface area contributed by atoms with Crippen molar-refractivity contribution in [3.8, 4) is 22.8 Å². The Hall–Kier alpha value is -3.57. The summed E-state index contributed by atoms with van der Waals surface area (Å²) in [5.74, 6) is 1.19. The lowest BCUT2D eigenvalue weighted by molar-refractivity contribution is -0.122. The summed E-state index contributed by atoms with van der Waals surface area (Å²) in [4.78, 5) is 22.8. The Balaban J connectivity index is 1.21. The van der Waals surface area contributed by atoms with Crippen LogP contribution >= 0.6 is 0 Å². The Morgan fingerprint density at radius 1 is 0.975 bits per heavy atom. The first-order valence-electron chi connectivity index (χ1n) is 13.7. The summed E-state index contributed by atoms with van der Waals surface area (Å²) in [7, 11) is -3.91. The maximum atomic E-state index is 13.4. The van der Waals surface area contributed by atoms with Crippen LogP contribution in [0.25, 0.3) is 11.3 Å². The van der Waals surface area contributed by atoms with E-state index < -0.39 is 21.9 Å². The minimum absolute atomic E-state index is 0.0135. The number of nitrogens with one attached hydrogen (secondary N) is 1. The van der Waals surface area contributed by atoms with E-state index in [1.807, 2.05) is 24.3 Å². The molecule has 1 atom stereocenters. The van der Waals surface area contributed by atoms with E-state index in [-0.39, 0.29) is 30.4 Å². The number of anilines is 1. The third-order valence-electron chi connectivity index (χ3n) is 7.76. The lowest BCUT2D eigenvalue weighted by Gasteiger charge is -2.23. The van der Waals surface area contributed by atoms with Gasteiger partial charge in [0.05, 0.1) is 16.6 Å². The van der Waals surface area contributed by atoms with Crippen molar-refractivity contribution >= 4 is 21.8 Å². The van der Waals surface area contributed by atoms with Crippen molar-refractivity contribution in [1.29, 1.82) is 0 Å². The second-order valence-electron chi connectivity index (χ2n) is 10.5. The van der Waals surface area contributed by atoms with Crippen molar-refractivity contribution < 1.29 is 27.1 Å². The molecule has 3 aliphatic rings. The molecule has 40 heavy (non-hydrogen) atoms. The number of aryl methyl sites for hydroxylation is 1. The van der Waals surface area contributed by atoms with E-state index in [0.29, 0.717) is 54.1 Å². The molecule has 0 radical (unpaired) electrons. The monoisotopic (exact) mass is 566 g/mol. The fraction of sp³-hybridized carbons (Fsp3) is 0.414. The number of halogens is 1. The Labute approximate surface area is 232 Å². The second-order valence-corrected chi connectivity index (χ2v) is 12.3. The molecule has 2 aliphatic heterocycles. The molecule has 3 heterocycles. The van der Waals surface area contributed by atoms with Crippen LogP contribution in [0.3, 0.4) is 0 Å². The van der Waals surface area contributed by atoms with Gasteiger partial charge in [-0.15, -0.1) is 0 Å². The van der Waals surface area contributed by atoms with Crippen LogP contribution in [-0.4, -0.2) is 53.9 Å². The third kappa shape index (κ3) is 5.53. The quantitative estimate of drug-likeness (QED) is 0.396. The molecule has 3 aromatic rings. The predicted octanol–water partition coefficient (Wildman–Crippen LogP) is 4.72. The molecule has 0 amide bonds. The molecular weight excluding hydrogens is 535 g/mol. The van der Waals surface area contributed by atoms with Gasteiger partial charge in [0, 0.05) is 30.3 Å². The summed E-state index contributed by atoms with van der Waals surface area (Å²) in [6.45, 7) is 0.437. The maximum absolute atomic E-state index is 13.4. The van der Waals surface area contributed by atoms with Gasteiger partial charge >= 0.3 is 0 Å². The van der Waals surface area contributed by atoms with Gasteiger partial charge in [0.15, 0.2) is 17.3 Å². The molecule has 0 spiro atoms. The van der Waals surface area contributed by atoms with Crippen molar-refractivity contribution in [2.75, 3.05) is 18.7 Å². The van der Waals surface area contributed by atoms with Crippen molar-refractivity contribution in [3.63, 3.8) is 0 Å². The first-order chi connectivity index (χ1) is 19.4. The predicted molar refractivity (Wildman–Crippen MR) is 146 cm³/mol. The van der Waals surface area contributed by atoms with Gasteiger partial charge in [-0.3, -0.25) is 4.79 Å². The summed E-state index contributed by atoms with van der Waals surface area (Å²) < 4.78 is 52.1. The fourth-order valence-corrected chi connectivity index (χ4v) is 7.33. The molecule has 0 unspecified atom stereocenters. The number of hydrogen-bond donors (Lipinski definition) is 1. The van der Waals surface area contributed by atoms with Crippen LogP contribution in [0.4, 0.5) is 10.3 Å². The number of benzene rings is 2. The highest BCUT2D eigenvalue weighted by Gasteiger charge is 2.39. The number of hydrogen-bond acceptors (Lipinski definition) is 8. The smallest absolute Gasteiger partial charge is 0.243 e. The molecule has 1 saturated carbocycles. The molecule has 0 bridgehead atoms. The number of carbonyl (C=O) groups excluding carboxylic acids is 1. The number of ketones is 1. The first-order valence-corrected chi connectivity index (χ1v) is 15.2. The number of sulfonamides is 1. The zero-order valence-electron chi connectivity index (χ0n) is 22.0. The van der Waals surface area contributed by atoms with Gasteiger partial charge in [0.1, 0.15) is 5.82 Å². The zero-order chi connectivity index (χ0) is 27.7. The normalized spacial score (nSPS) is 19.3. The molecule has 11 heteroatoms. The minimum atomic E-state index is -3.91.